The molecule has 3 rings (SSSR count). The number of hydrogen-bond donors (Lipinski definition) is 3. The number of aromatic nitrogens is 2. The van der Waals surface area contributed by atoms with Crippen molar-refractivity contribution in [1.82, 2.24) is 14.9 Å². The van der Waals surface area contributed by atoms with Crippen molar-refractivity contribution in [3.8, 4) is 0 Å². The van der Waals surface area contributed by atoms with Crippen molar-refractivity contribution >= 4 is 34.7 Å². The van der Waals surface area contributed by atoms with Crippen LogP contribution in [0.1, 0.15) is 48.7 Å². The number of amides is 2. The standard InChI is InChI=1S/C22H27N5O5S/c1-2-3-10-26-19(23)18(21(30)25-22(26)31)27(13-16-6-5-11-32-16)17(28)7-4-9-24-20(29)15-8-12-33-14-15/h5-6,8,11-12,14H,2-4,7,9-10,13,23H2,1H3,(H,24,29)(H,25,30,31). The van der Waals surface area contributed by atoms with E-state index < -0.39 is 11.2 Å². The fourth-order valence-electron chi connectivity index (χ4n) is 3.30. The van der Waals surface area contributed by atoms with E-state index >= 15 is 0 Å². The van der Waals surface area contributed by atoms with Crippen LogP contribution in [0, 0.1) is 0 Å². The van der Waals surface area contributed by atoms with Crippen LogP contribution in [0.15, 0.2) is 49.2 Å². The van der Waals surface area contributed by atoms with Crippen LogP contribution >= 0.6 is 11.3 Å². The van der Waals surface area contributed by atoms with E-state index in [0.29, 0.717) is 30.7 Å². The number of carbonyl (C=O) groups is 2. The maximum atomic E-state index is 13.1. The maximum Gasteiger partial charge on any atom is 0.330 e. The fourth-order valence-corrected chi connectivity index (χ4v) is 3.93. The maximum absolute atomic E-state index is 13.1. The fraction of sp³-hybridized carbons (Fsp3) is 0.364. The van der Waals surface area contributed by atoms with Crippen LogP contribution in [0.2, 0.25) is 0 Å². The van der Waals surface area contributed by atoms with Gasteiger partial charge < -0.3 is 15.5 Å². The lowest BCUT2D eigenvalue weighted by atomic mass is 10.2. The van der Waals surface area contributed by atoms with Gasteiger partial charge in [-0.25, -0.2) is 4.79 Å². The Hall–Kier alpha value is -3.60. The smallest absolute Gasteiger partial charge is 0.330 e. The van der Waals surface area contributed by atoms with Gasteiger partial charge in [-0.3, -0.25) is 28.8 Å². The molecule has 2 amide bonds. The summed E-state index contributed by atoms with van der Waals surface area (Å²) >= 11 is 1.43. The van der Waals surface area contributed by atoms with Gasteiger partial charge in [-0.05, 0) is 36.4 Å². The van der Waals surface area contributed by atoms with Crippen molar-refractivity contribution in [2.75, 3.05) is 17.2 Å². The van der Waals surface area contributed by atoms with Gasteiger partial charge in [-0.2, -0.15) is 11.3 Å². The molecule has 0 spiro atoms. The quantitative estimate of drug-likeness (QED) is 0.365. The zero-order valence-electron chi connectivity index (χ0n) is 18.3. The van der Waals surface area contributed by atoms with Gasteiger partial charge in [0.15, 0.2) is 5.69 Å². The molecule has 33 heavy (non-hydrogen) atoms. The lowest BCUT2D eigenvalue weighted by Gasteiger charge is -2.24. The molecule has 0 atom stereocenters. The number of nitrogens with one attached hydrogen (secondary N) is 2. The van der Waals surface area contributed by atoms with Crippen molar-refractivity contribution in [2.45, 2.75) is 45.7 Å². The van der Waals surface area contributed by atoms with Gasteiger partial charge in [0, 0.05) is 30.5 Å². The molecule has 11 heteroatoms. The monoisotopic (exact) mass is 473 g/mol. The van der Waals surface area contributed by atoms with Gasteiger partial charge in [0.1, 0.15) is 11.6 Å². The summed E-state index contributed by atoms with van der Waals surface area (Å²) in [6.45, 7) is 2.56. The van der Waals surface area contributed by atoms with E-state index in [2.05, 4.69) is 10.3 Å². The summed E-state index contributed by atoms with van der Waals surface area (Å²) in [6.07, 6.45) is 3.39. The molecule has 0 aliphatic rings. The molecule has 0 aliphatic heterocycles. The molecule has 10 nitrogen and oxygen atoms in total. The van der Waals surface area contributed by atoms with Crippen molar-refractivity contribution in [2.24, 2.45) is 0 Å². The van der Waals surface area contributed by atoms with E-state index in [9.17, 15) is 19.2 Å². The number of furan rings is 1. The molecule has 0 radical (unpaired) electrons. The molecule has 3 aromatic heterocycles. The molecule has 176 valence electrons. The van der Waals surface area contributed by atoms with Gasteiger partial charge in [0.2, 0.25) is 5.91 Å². The van der Waals surface area contributed by atoms with E-state index in [-0.39, 0.29) is 42.8 Å². The highest BCUT2D eigenvalue weighted by molar-refractivity contribution is 7.08. The third-order valence-corrected chi connectivity index (χ3v) is 5.73. The number of thiophene rings is 1. The minimum Gasteiger partial charge on any atom is -0.467 e. The number of unbranched alkanes of at least 4 members (excludes halogenated alkanes) is 1. The second-order valence-corrected chi connectivity index (χ2v) is 8.21. The van der Waals surface area contributed by atoms with E-state index in [1.54, 1.807) is 23.6 Å². The van der Waals surface area contributed by atoms with Crippen molar-refractivity contribution in [1.29, 1.82) is 0 Å². The first-order chi connectivity index (χ1) is 15.9. The van der Waals surface area contributed by atoms with E-state index in [1.165, 1.54) is 27.1 Å². The molecule has 0 saturated heterocycles. The Labute approximate surface area is 194 Å². The molecule has 0 bridgehead atoms. The number of nitrogens with two attached hydrogens (primary N) is 1. The molecule has 0 saturated carbocycles. The lowest BCUT2D eigenvalue weighted by molar-refractivity contribution is -0.118. The molecule has 0 aliphatic carbocycles. The van der Waals surface area contributed by atoms with Crippen LogP contribution < -0.4 is 27.2 Å². The summed E-state index contributed by atoms with van der Waals surface area (Å²) in [6, 6.07) is 5.07. The van der Waals surface area contributed by atoms with E-state index in [4.69, 9.17) is 10.2 Å². The Kier molecular flexibility index (Phi) is 8.25. The zero-order chi connectivity index (χ0) is 23.8. The van der Waals surface area contributed by atoms with Gasteiger partial charge >= 0.3 is 5.69 Å². The van der Waals surface area contributed by atoms with Gasteiger partial charge in [-0.1, -0.05) is 13.3 Å². The average Bonchev–Trinajstić information content (AvgIpc) is 3.50. The van der Waals surface area contributed by atoms with Crippen LogP contribution in [-0.2, 0) is 17.9 Å². The molecular weight excluding hydrogens is 446 g/mol. The normalized spacial score (nSPS) is 10.8. The Morgan fingerprint density at radius 3 is 2.76 bits per heavy atom. The molecule has 3 heterocycles. The van der Waals surface area contributed by atoms with E-state index in [1.807, 2.05) is 12.3 Å². The first-order valence-corrected chi connectivity index (χ1v) is 11.6. The number of nitrogen functional groups attached to an aromatic ring is 1. The first kappa shape index (κ1) is 24.1. The molecule has 3 aromatic rings. The van der Waals surface area contributed by atoms with Crippen LogP contribution in [0.5, 0.6) is 0 Å². The predicted octanol–water partition coefficient (Wildman–Crippen LogP) is 2.32. The molecular formula is C22H27N5O5S. The minimum absolute atomic E-state index is 0.0215. The van der Waals surface area contributed by atoms with Gasteiger partial charge in [-0.15, -0.1) is 0 Å². The largest absolute Gasteiger partial charge is 0.467 e. The summed E-state index contributed by atoms with van der Waals surface area (Å²) in [5.74, 6) is -0.198. The highest BCUT2D eigenvalue weighted by atomic mass is 32.1. The molecule has 0 fully saturated rings. The molecule has 4 N–H and O–H groups in total. The summed E-state index contributed by atoms with van der Waals surface area (Å²) in [7, 11) is 0. The summed E-state index contributed by atoms with van der Waals surface area (Å²) < 4.78 is 6.63. The van der Waals surface area contributed by atoms with E-state index in [0.717, 1.165) is 6.42 Å². The Morgan fingerprint density at radius 2 is 2.09 bits per heavy atom. The Bertz CT molecular complexity index is 1180. The summed E-state index contributed by atoms with van der Waals surface area (Å²) in [4.78, 5) is 53.6. The number of rotatable bonds is 11. The van der Waals surface area contributed by atoms with Crippen LogP contribution in [0.4, 0.5) is 11.5 Å². The van der Waals surface area contributed by atoms with Crippen molar-refractivity contribution in [3.63, 3.8) is 0 Å². The summed E-state index contributed by atoms with van der Waals surface area (Å²) in [5.41, 5.74) is 5.33. The number of hydrogen-bond acceptors (Lipinski definition) is 7. The third-order valence-electron chi connectivity index (χ3n) is 5.05. The Morgan fingerprint density at radius 1 is 1.27 bits per heavy atom. The third kappa shape index (κ3) is 6.01. The average molecular weight is 474 g/mol. The Balaban J connectivity index is 1.78. The lowest BCUT2D eigenvalue weighted by Crippen LogP contribution is -2.41. The predicted molar refractivity (Wildman–Crippen MR) is 126 cm³/mol. The number of H-pyrrole nitrogens is 1. The topological polar surface area (TPSA) is 143 Å². The SMILES string of the molecule is CCCCn1c(N)c(N(Cc2ccco2)C(=O)CCCNC(=O)c2ccsc2)c(=O)[nH]c1=O. The van der Waals surface area contributed by atoms with Crippen LogP contribution in [-0.4, -0.2) is 27.9 Å². The highest BCUT2D eigenvalue weighted by Gasteiger charge is 2.25. The first-order valence-electron chi connectivity index (χ1n) is 10.7. The number of carbonyl (C=O) groups excluding carboxylic acids is 2. The van der Waals surface area contributed by atoms with Crippen LogP contribution in [0.3, 0.4) is 0 Å². The second-order valence-electron chi connectivity index (χ2n) is 7.43. The van der Waals surface area contributed by atoms with Crippen molar-refractivity contribution in [3.05, 3.63) is 67.4 Å². The summed E-state index contributed by atoms with van der Waals surface area (Å²) in [5, 5.41) is 6.32. The van der Waals surface area contributed by atoms with Gasteiger partial charge in [0.05, 0.1) is 12.8 Å². The highest BCUT2D eigenvalue weighted by Crippen LogP contribution is 2.21. The van der Waals surface area contributed by atoms with Crippen LogP contribution in [0.25, 0.3) is 0 Å². The second kappa shape index (κ2) is 11.3. The van der Waals surface area contributed by atoms with Crippen molar-refractivity contribution < 1.29 is 14.0 Å². The number of anilines is 2. The van der Waals surface area contributed by atoms with Gasteiger partial charge in [0.25, 0.3) is 11.5 Å². The zero-order valence-corrected chi connectivity index (χ0v) is 19.2. The molecule has 0 aromatic carbocycles. The number of nitrogens with zero attached hydrogens (tertiary/aromatic N) is 2. The molecule has 0 unspecified atom stereocenters. The number of aromatic amines is 1. The minimum atomic E-state index is -0.740.